The maximum absolute atomic E-state index is 13.8. The van der Waals surface area contributed by atoms with Crippen molar-refractivity contribution in [3.63, 3.8) is 0 Å². The molecule has 154 valence electrons. The van der Waals surface area contributed by atoms with Crippen LogP contribution in [0.15, 0.2) is 59.6 Å². The van der Waals surface area contributed by atoms with E-state index >= 15 is 0 Å². The van der Waals surface area contributed by atoms with Crippen LogP contribution in [-0.2, 0) is 26.1 Å². The molecule has 0 aliphatic carbocycles. The summed E-state index contributed by atoms with van der Waals surface area (Å²) in [5.41, 5.74) is 1.53. The lowest BCUT2D eigenvalue weighted by molar-refractivity contribution is -0.117. The summed E-state index contributed by atoms with van der Waals surface area (Å²) in [6, 6.07) is 11.2. The first kappa shape index (κ1) is 21.0. The SMILES string of the molecule is COCCn1ccc2cc(NC(=O)[C@H](C)NS(=O)(=O)c3ccccc3F)ccc21. The summed E-state index contributed by atoms with van der Waals surface area (Å²) in [4.78, 5) is 11.9. The molecule has 2 aromatic carbocycles. The number of aromatic nitrogens is 1. The van der Waals surface area contributed by atoms with Gasteiger partial charge in [-0.05, 0) is 43.3 Å². The van der Waals surface area contributed by atoms with Gasteiger partial charge >= 0.3 is 0 Å². The van der Waals surface area contributed by atoms with E-state index in [-0.39, 0.29) is 0 Å². The number of ether oxygens (including phenoxy) is 1. The van der Waals surface area contributed by atoms with Crippen molar-refractivity contribution in [2.75, 3.05) is 19.0 Å². The molecule has 0 aliphatic heterocycles. The van der Waals surface area contributed by atoms with Gasteiger partial charge in [0.15, 0.2) is 0 Å². The van der Waals surface area contributed by atoms with E-state index < -0.39 is 32.7 Å². The summed E-state index contributed by atoms with van der Waals surface area (Å²) in [5, 5.41) is 3.61. The molecule has 1 amide bonds. The quantitative estimate of drug-likeness (QED) is 0.588. The molecule has 0 aliphatic rings. The van der Waals surface area contributed by atoms with Gasteiger partial charge in [-0.1, -0.05) is 12.1 Å². The van der Waals surface area contributed by atoms with Crippen molar-refractivity contribution in [2.45, 2.75) is 24.4 Å². The lowest BCUT2D eigenvalue weighted by atomic mass is 10.2. The van der Waals surface area contributed by atoms with E-state index in [1.165, 1.54) is 19.1 Å². The zero-order valence-electron chi connectivity index (χ0n) is 16.1. The molecule has 3 rings (SSSR count). The number of sulfonamides is 1. The number of anilines is 1. The summed E-state index contributed by atoms with van der Waals surface area (Å²) < 4.78 is 47.8. The number of carbonyl (C=O) groups excluding carboxylic acids is 1. The Balaban J connectivity index is 1.70. The van der Waals surface area contributed by atoms with Gasteiger partial charge in [-0.2, -0.15) is 4.72 Å². The minimum absolute atomic E-state index is 0.501. The fourth-order valence-corrected chi connectivity index (χ4v) is 4.21. The molecule has 0 spiro atoms. The molecule has 1 heterocycles. The Labute approximate surface area is 168 Å². The van der Waals surface area contributed by atoms with Gasteiger partial charge in [0.05, 0.1) is 12.6 Å². The molecule has 1 aromatic heterocycles. The number of hydrogen-bond acceptors (Lipinski definition) is 4. The number of nitrogens with one attached hydrogen (secondary N) is 2. The number of halogens is 1. The highest BCUT2D eigenvalue weighted by Gasteiger charge is 2.24. The number of nitrogens with zero attached hydrogens (tertiary/aromatic N) is 1. The van der Waals surface area contributed by atoms with Crippen molar-refractivity contribution in [1.82, 2.24) is 9.29 Å². The van der Waals surface area contributed by atoms with Gasteiger partial charge in [-0.25, -0.2) is 12.8 Å². The van der Waals surface area contributed by atoms with Crippen LogP contribution < -0.4 is 10.0 Å². The second kappa shape index (κ2) is 8.73. The maximum atomic E-state index is 13.8. The van der Waals surface area contributed by atoms with E-state index in [0.29, 0.717) is 18.8 Å². The number of amides is 1. The second-order valence-corrected chi connectivity index (χ2v) is 8.22. The van der Waals surface area contributed by atoms with Crippen LogP contribution in [-0.4, -0.2) is 38.7 Å². The van der Waals surface area contributed by atoms with E-state index in [2.05, 4.69) is 10.0 Å². The molecule has 0 unspecified atom stereocenters. The lowest BCUT2D eigenvalue weighted by Crippen LogP contribution is -2.41. The molecule has 0 saturated carbocycles. The zero-order valence-corrected chi connectivity index (χ0v) is 16.9. The van der Waals surface area contributed by atoms with Crippen LogP contribution >= 0.6 is 0 Å². The normalized spacial score (nSPS) is 12.8. The van der Waals surface area contributed by atoms with E-state index in [0.717, 1.165) is 23.0 Å². The molecule has 0 fully saturated rings. The van der Waals surface area contributed by atoms with Crippen LogP contribution in [0.4, 0.5) is 10.1 Å². The predicted octanol–water partition coefficient (Wildman–Crippen LogP) is 2.73. The monoisotopic (exact) mass is 419 g/mol. The third kappa shape index (κ3) is 4.81. The molecule has 9 heteroatoms. The Morgan fingerprint density at radius 2 is 1.97 bits per heavy atom. The van der Waals surface area contributed by atoms with Gasteiger partial charge in [0.1, 0.15) is 10.7 Å². The molecule has 0 saturated heterocycles. The van der Waals surface area contributed by atoms with Crippen molar-refractivity contribution in [1.29, 1.82) is 0 Å². The third-order valence-electron chi connectivity index (χ3n) is 4.43. The average molecular weight is 419 g/mol. The highest BCUT2D eigenvalue weighted by Crippen LogP contribution is 2.21. The van der Waals surface area contributed by atoms with E-state index in [4.69, 9.17) is 4.74 Å². The molecule has 1 atom stereocenters. The molecule has 7 nitrogen and oxygen atoms in total. The average Bonchev–Trinajstić information content (AvgIpc) is 3.08. The second-order valence-electron chi connectivity index (χ2n) is 6.54. The fourth-order valence-electron chi connectivity index (χ4n) is 2.93. The molecule has 0 bridgehead atoms. The largest absolute Gasteiger partial charge is 0.383 e. The van der Waals surface area contributed by atoms with Crippen LogP contribution in [0.5, 0.6) is 0 Å². The van der Waals surface area contributed by atoms with Gasteiger partial charge in [-0.15, -0.1) is 0 Å². The topological polar surface area (TPSA) is 89.4 Å². The van der Waals surface area contributed by atoms with Gasteiger partial charge in [0.2, 0.25) is 15.9 Å². The summed E-state index contributed by atoms with van der Waals surface area (Å²) in [6.07, 6.45) is 1.93. The number of hydrogen-bond donors (Lipinski definition) is 2. The van der Waals surface area contributed by atoms with Crippen LogP contribution in [0, 0.1) is 5.82 Å². The number of methoxy groups -OCH3 is 1. The van der Waals surface area contributed by atoms with E-state index in [1.807, 2.05) is 22.9 Å². The summed E-state index contributed by atoms with van der Waals surface area (Å²) in [6.45, 7) is 2.69. The molecule has 3 aromatic rings. The maximum Gasteiger partial charge on any atom is 0.244 e. The number of fused-ring (bicyclic) bond motifs is 1. The number of rotatable bonds is 8. The highest BCUT2D eigenvalue weighted by atomic mass is 32.2. The predicted molar refractivity (Wildman–Crippen MR) is 109 cm³/mol. The first-order valence-electron chi connectivity index (χ1n) is 8.97. The smallest absolute Gasteiger partial charge is 0.244 e. The number of carbonyl (C=O) groups is 1. The van der Waals surface area contributed by atoms with Gasteiger partial charge in [0.25, 0.3) is 0 Å². The molecule has 29 heavy (non-hydrogen) atoms. The molecular weight excluding hydrogens is 397 g/mol. The molecule has 0 radical (unpaired) electrons. The van der Waals surface area contributed by atoms with Crippen LogP contribution in [0.25, 0.3) is 10.9 Å². The lowest BCUT2D eigenvalue weighted by Gasteiger charge is -2.15. The van der Waals surface area contributed by atoms with Crippen molar-refractivity contribution in [2.24, 2.45) is 0 Å². The Kier molecular flexibility index (Phi) is 6.31. The minimum Gasteiger partial charge on any atom is -0.383 e. The summed E-state index contributed by atoms with van der Waals surface area (Å²) in [7, 11) is -2.53. The number of benzene rings is 2. The summed E-state index contributed by atoms with van der Waals surface area (Å²) >= 11 is 0. The Morgan fingerprint density at radius 3 is 2.69 bits per heavy atom. The van der Waals surface area contributed by atoms with Crippen LogP contribution in [0.2, 0.25) is 0 Å². The van der Waals surface area contributed by atoms with Crippen molar-refractivity contribution < 1.29 is 22.3 Å². The minimum atomic E-state index is -4.17. The molecular formula is C20H22FN3O4S. The standard InChI is InChI=1S/C20H22FN3O4S/c1-14(23-29(26,27)19-6-4-3-5-17(19)21)20(25)22-16-7-8-18-15(13-16)9-10-24(18)11-12-28-2/h3-10,13-14,23H,11-12H2,1-2H3,(H,22,25)/t14-/m0/s1. The van der Waals surface area contributed by atoms with Gasteiger partial charge in [0, 0.05) is 36.4 Å². The van der Waals surface area contributed by atoms with E-state index in [1.54, 1.807) is 19.2 Å². The first-order valence-corrected chi connectivity index (χ1v) is 10.5. The van der Waals surface area contributed by atoms with Crippen LogP contribution in [0.1, 0.15) is 6.92 Å². The fraction of sp³-hybridized carbons (Fsp3) is 0.250. The van der Waals surface area contributed by atoms with E-state index in [9.17, 15) is 17.6 Å². The third-order valence-corrected chi connectivity index (χ3v) is 6.00. The van der Waals surface area contributed by atoms with Crippen molar-refractivity contribution in [3.05, 3.63) is 60.5 Å². The van der Waals surface area contributed by atoms with Crippen LogP contribution in [0.3, 0.4) is 0 Å². The van der Waals surface area contributed by atoms with Crippen molar-refractivity contribution in [3.8, 4) is 0 Å². The Hall–Kier alpha value is -2.75. The first-order chi connectivity index (χ1) is 13.8. The summed E-state index contributed by atoms with van der Waals surface area (Å²) in [5.74, 6) is -1.43. The zero-order chi connectivity index (χ0) is 21.0. The Morgan fingerprint density at radius 1 is 1.21 bits per heavy atom. The van der Waals surface area contributed by atoms with Gasteiger partial charge < -0.3 is 14.6 Å². The molecule has 2 N–H and O–H groups in total. The Bertz CT molecular complexity index is 1130. The van der Waals surface area contributed by atoms with Gasteiger partial charge in [-0.3, -0.25) is 4.79 Å². The highest BCUT2D eigenvalue weighted by molar-refractivity contribution is 7.89. The van der Waals surface area contributed by atoms with Crippen molar-refractivity contribution >= 4 is 32.5 Å².